The molecule has 0 unspecified atom stereocenters. The number of hydrogen-bond acceptors (Lipinski definition) is 3. The Morgan fingerprint density at radius 2 is 2.25 bits per heavy atom. The Hall–Kier alpha value is -1.23. The van der Waals surface area contributed by atoms with Crippen LogP contribution >= 0.6 is 11.6 Å². The molecule has 0 N–H and O–H groups in total. The molecule has 1 rings (SSSR count). The summed E-state index contributed by atoms with van der Waals surface area (Å²) in [6, 6.07) is 1.26. The van der Waals surface area contributed by atoms with Crippen LogP contribution in [0, 0.1) is 6.92 Å². The second kappa shape index (κ2) is 5.21. The molecule has 1 aromatic rings. The lowest BCUT2D eigenvalue weighted by molar-refractivity contribution is -0.139. The monoisotopic (exact) mass is 249 g/mol. The van der Waals surface area contributed by atoms with Gasteiger partial charge in [-0.05, 0) is 18.6 Å². The van der Waals surface area contributed by atoms with Crippen LogP contribution in [0.4, 0.5) is 8.78 Å². The zero-order chi connectivity index (χ0) is 12.3. The number of aromatic nitrogens is 1. The van der Waals surface area contributed by atoms with Crippen molar-refractivity contribution in [2.75, 3.05) is 7.11 Å². The van der Waals surface area contributed by atoms with Gasteiger partial charge in [0.25, 0.3) is 6.43 Å². The topological polar surface area (TPSA) is 39.2 Å². The molecular formula is C10H10ClF2NO2. The van der Waals surface area contributed by atoms with Crippen molar-refractivity contribution in [2.24, 2.45) is 0 Å². The average molecular weight is 250 g/mol. The summed E-state index contributed by atoms with van der Waals surface area (Å²) < 4.78 is 29.9. The molecular weight excluding hydrogens is 240 g/mol. The summed E-state index contributed by atoms with van der Waals surface area (Å²) in [4.78, 5) is 14.8. The molecule has 0 aliphatic heterocycles. The van der Waals surface area contributed by atoms with E-state index in [1.54, 1.807) is 0 Å². The van der Waals surface area contributed by atoms with Gasteiger partial charge in [0.1, 0.15) is 5.15 Å². The van der Waals surface area contributed by atoms with Gasteiger partial charge in [0.15, 0.2) is 0 Å². The van der Waals surface area contributed by atoms with E-state index < -0.39 is 12.4 Å². The summed E-state index contributed by atoms with van der Waals surface area (Å²) in [5, 5.41) is 0.0841. The van der Waals surface area contributed by atoms with E-state index >= 15 is 0 Å². The molecule has 1 heterocycles. The standard InChI is InChI=1S/C10H10ClF2NO2/c1-5-9(10(12)13)6(3-7(11)14-5)4-8(15)16-2/h3,10H,4H2,1-2H3. The molecule has 16 heavy (non-hydrogen) atoms. The van der Waals surface area contributed by atoms with Gasteiger partial charge in [0.2, 0.25) is 0 Å². The zero-order valence-electron chi connectivity index (χ0n) is 8.76. The van der Waals surface area contributed by atoms with Gasteiger partial charge in [-0.1, -0.05) is 11.6 Å². The number of carbonyl (C=O) groups is 1. The molecule has 0 saturated carbocycles. The Morgan fingerprint density at radius 1 is 1.62 bits per heavy atom. The van der Waals surface area contributed by atoms with E-state index in [9.17, 15) is 13.6 Å². The first-order chi connectivity index (χ1) is 7.45. The van der Waals surface area contributed by atoms with Crippen molar-refractivity contribution < 1.29 is 18.3 Å². The Bertz CT molecular complexity index is 410. The minimum absolute atomic E-state index is 0.0841. The minimum Gasteiger partial charge on any atom is -0.469 e. The van der Waals surface area contributed by atoms with Crippen molar-refractivity contribution in [3.8, 4) is 0 Å². The molecule has 0 radical (unpaired) electrons. The van der Waals surface area contributed by atoms with Crippen LogP contribution in [0.25, 0.3) is 0 Å². The molecule has 3 nitrogen and oxygen atoms in total. The van der Waals surface area contributed by atoms with E-state index in [0.29, 0.717) is 0 Å². The number of halogens is 3. The second-order valence-electron chi connectivity index (χ2n) is 3.16. The van der Waals surface area contributed by atoms with E-state index in [2.05, 4.69) is 9.72 Å². The lowest BCUT2D eigenvalue weighted by Gasteiger charge is -2.10. The molecule has 88 valence electrons. The number of pyridine rings is 1. The maximum absolute atomic E-state index is 12.7. The minimum atomic E-state index is -2.69. The Kier molecular flexibility index (Phi) is 4.18. The largest absolute Gasteiger partial charge is 0.469 e. The van der Waals surface area contributed by atoms with Crippen LogP contribution < -0.4 is 0 Å². The van der Waals surface area contributed by atoms with Crippen molar-refractivity contribution >= 4 is 17.6 Å². The molecule has 1 aromatic heterocycles. The third-order valence-corrected chi connectivity index (χ3v) is 2.28. The fraction of sp³-hybridized carbons (Fsp3) is 0.400. The Morgan fingerprint density at radius 3 is 2.75 bits per heavy atom. The SMILES string of the molecule is COC(=O)Cc1cc(Cl)nc(C)c1C(F)F. The Labute approximate surface area is 96.4 Å². The van der Waals surface area contributed by atoms with E-state index in [0.717, 1.165) is 0 Å². The van der Waals surface area contributed by atoms with Gasteiger partial charge in [0.05, 0.1) is 13.5 Å². The van der Waals surface area contributed by atoms with E-state index in [4.69, 9.17) is 11.6 Å². The van der Waals surface area contributed by atoms with Crippen LogP contribution in [-0.2, 0) is 16.0 Å². The molecule has 0 aliphatic rings. The number of aryl methyl sites for hydroxylation is 1. The highest BCUT2D eigenvalue weighted by molar-refractivity contribution is 6.29. The highest BCUT2D eigenvalue weighted by atomic mass is 35.5. The first kappa shape index (κ1) is 12.8. The number of ether oxygens (including phenoxy) is 1. The number of carbonyl (C=O) groups excluding carboxylic acids is 1. The number of alkyl halides is 2. The molecule has 0 bridgehead atoms. The number of hydrogen-bond donors (Lipinski definition) is 0. The number of nitrogens with zero attached hydrogens (tertiary/aromatic N) is 1. The predicted molar refractivity (Wildman–Crippen MR) is 54.7 cm³/mol. The van der Waals surface area contributed by atoms with E-state index in [1.807, 2.05) is 0 Å². The average Bonchev–Trinajstić information content (AvgIpc) is 2.15. The second-order valence-corrected chi connectivity index (χ2v) is 3.54. The van der Waals surface area contributed by atoms with Crippen LogP contribution in [-0.4, -0.2) is 18.1 Å². The quantitative estimate of drug-likeness (QED) is 0.611. The molecule has 0 amide bonds. The van der Waals surface area contributed by atoms with Crippen molar-refractivity contribution in [1.29, 1.82) is 0 Å². The number of rotatable bonds is 3. The third-order valence-electron chi connectivity index (χ3n) is 2.08. The highest BCUT2D eigenvalue weighted by Gasteiger charge is 2.19. The van der Waals surface area contributed by atoms with Crippen LogP contribution in [0.2, 0.25) is 5.15 Å². The summed E-state index contributed by atoms with van der Waals surface area (Å²) in [7, 11) is 1.19. The smallest absolute Gasteiger partial charge is 0.309 e. The molecule has 0 aromatic carbocycles. The number of esters is 1. The van der Waals surface area contributed by atoms with Gasteiger partial charge in [-0.3, -0.25) is 4.79 Å². The summed E-state index contributed by atoms with van der Waals surface area (Å²) in [6.45, 7) is 1.42. The van der Waals surface area contributed by atoms with Gasteiger partial charge in [0, 0.05) is 11.3 Å². The zero-order valence-corrected chi connectivity index (χ0v) is 9.52. The summed E-state index contributed by atoms with van der Waals surface area (Å²) in [5.74, 6) is -0.594. The maximum atomic E-state index is 12.7. The lowest BCUT2D eigenvalue weighted by atomic mass is 10.0. The molecule has 0 fully saturated rings. The summed E-state index contributed by atoms with van der Waals surface area (Å²) in [5.41, 5.74) is 0.0237. The third kappa shape index (κ3) is 2.88. The van der Waals surface area contributed by atoms with Gasteiger partial charge < -0.3 is 4.74 Å². The van der Waals surface area contributed by atoms with E-state index in [-0.39, 0.29) is 28.4 Å². The van der Waals surface area contributed by atoms with Crippen molar-refractivity contribution in [3.05, 3.63) is 28.0 Å². The number of methoxy groups -OCH3 is 1. The van der Waals surface area contributed by atoms with Crippen molar-refractivity contribution in [3.63, 3.8) is 0 Å². The van der Waals surface area contributed by atoms with Gasteiger partial charge >= 0.3 is 5.97 Å². The fourth-order valence-electron chi connectivity index (χ4n) is 1.38. The van der Waals surface area contributed by atoms with Crippen molar-refractivity contribution in [1.82, 2.24) is 4.98 Å². The van der Waals surface area contributed by atoms with E-state index in [1.165, 1.54) is 20.1 Å². The summed E-state index contributed by atoms with van der Waals surface area (Å²) in [6.07, 6.45) is -2.93. The molecule has 0 atom stereocenters. The predicted octanol–water partition coefficient (Wildman–Crippen LogP) is 2.70. The maximum Gasteiger partial charge on any atom is 0.309 e. The molecule has 6 heteroatoms. The van der Waals surface area contributed by atoms with Gasteiger partial charge in [-0.2, -0.15) is 0 Å². The van der Waals surface area contributed by atoms with Crippen LogP contribution in [0.5, 0.6) is 0 Å². The first-order valence-electron chi connectivity index (χ1n) is 4.46. The Balaban J connectivity index is 3.18. The summed E-state index contributed by atoms with van der Waals surface area (Å²) >= 11 is 5.65. The lowest BCUT2D eigenvalue weighted by Crippen LogP contribution is -2.09. The fourth-order valence-corrected chi connectivity index (χ4v) is 1.64. The molecule has 0 aliphatic carbocycles. The van der Waals surface area contributed by atoms with Gasteiger partial charge in [-0.15, -0.1) is 0 Å². The first-order valence-corrected chi connectivity index (χ1v) is 4.84. The van der Waals surface area contributed by atoms with Crippen LogP contribution in [0.15, 0.2) is 6.07 Å². The molecule has 0 saturated heterocycles. The van der Waals surface area contributed by atoms with Crippen LogP contribution in [0.1, 0.15) is 23.2 Å². The van der Waals surface area contributed by atoms with Crippen molar-refractivity contribution in [2.45, 2.75) is 19.8 Å². The van der Waals surface area contributed by atoms with Crippen LogP contribution in [0.3, 0.4) is 0 Å². The molecule has 0 spiro atoms. The normalized spacial score (nSPS) is 10.6. The van der Waals surface area contributed by atoms with Gasteiger partial charge in [-0.25, -0.2) is 13.8 Å². The highest BCUT2D eigenvalue weighted by Crippen LogP contribution is 2.27.